The van der Waals surface area contributed by atoms with Crippen molar-refractivity contribution in [3.63, 3.8) is 0 Å². The lowest BCUT2D eigenvalue weighted by Gasteiger charge is -2.21. The molecule has 0 amide bonds. The summed E-state index contributed by atoms with van der Waals surface area (Å²) in [7, 11) is -3.45. The van der Waals surface area contributed by atoms with E-state index in [9.17, 15) is 13.5 Å². The minimum absolute atomic E-state index is 0.288. The minimum Gasteiger partial charge on any atom is -0.389 e. The van der Waals surface area contributed by atoms with Gasteiger partial charge >= 0.3 is 0 Å². The topological polar surface area (TPSA) is 57.6 Å². The Morgan fingerprint density at radius 1 is 1.33 bits per heavy atom. The van der Waals surface area contributed by atoms with E-state index >= 15 is 0 Å². The average molecular weight is 311 g/mol. The van der Waals surface area contributed by atoms with Crippen LogP contribution in [-0.4, -0.2) is 30.9 Å². The molecule has 21 heavy (non-hydrogen) atoms. The van der Waals surface area contributed by atoms with Gasteiger partial charge in [0.2, 0.25) is 10.0 Å². The second-order valence-corrected chi connectivity index (χ2v) is 7.80. The van der Waals surface area contributed by atoms with Gasteiger partial charge in [0.1, 0.15) is 0 Å². The third kappa shape index (κ3) is 3.84. The molecule has 5 heteroatoms. The highest BCUT2D eigenvalue weighted by Gasteiger charge is 2.27. The van der Waals surface area contributed by atoms with Crippen LogP contribution in [0, 0.1) is 5.92 Å². The fourth-order valence-corrected chi connectivity index (χ4v) is 4.42. The molecule has 1 aromatic carbocycles. The molecule has 1 fully saturated rings. The molecule has 1 aliphatic rings. The molecule has 1 aliphatic heterocycles. The third-order valence-electron chi connectivity index (χ3n) is 4.36. The molecule has 0 saturated carbocycles. The van der Waals surface area contributed by atoms with Gasteiger partial charge < -0.3 is 5.11 Å². The molecule has 118 valence electrons. The lowest BCUT2D eigenvalue weighted by molar-refractivity contribution is 0.199. The van der Waals surface area contributed by atoms with Crippen molar-refractivity contribution in [2.45, 2.75) is 50.5 Å². The zero-order valence-electron chi connectivity index (χ0n) is 12.8. The predicted octanol–water partition coefficient (Wildman–Crippen LogP) is 2.94. The van der Waals surface area contributed by atoms with E-state index in [1.165, 1.54) is 0 Å². The number of hydrogen-bond donors (Lipinski definition) is 1. The summed E-state index contributed by atoms with van der Waals surface area (Å²) in [5.74, 6) is 0.633. The van der Waals surface area contributed by atoms with Crippen molar-refractivity contribution in [2.24, 2.45) is 5.92 Å². The Hall–Kier alpha value is -0.910. The van der Waals surface area contributed by atoms with Crippen LogP contribution in [0.1, 0.15) is 51.2 Å². The van der Waals surface area contributed by atoms with E-state index in [-0.39, 0.29) is 4.90 Å². The highest BCUT2D eigenvalue weighted by molar-refractivity contribution is 7.89. The van der Waals surface area contributed by atoms with Gasteiger partial charge in [-0.05, 0) is 49.8 Å². The van der Waals surface area contributed by atoms with Gasteiger partial charge in [-0.3, -0.25) is 0 Å². The van der Waals surface area contributed by atoms with Crippen molar-refractivity contribution in [3.05, 3.63) is 29.8 Å². The maximum Gasteiger partial charge on any atom is 0.243 e. The van der Waals surface area contributed by atoms with Crippen molar-refractivity contribution in [3.8, 4) is 0 Å². The minimum atomic E-state index is -3.45. The van der Waals surface area contributed by atoms with Crippen LogP contribution in [0.5, 0.6) is 0 Å². The van der Waals surface area contributed by atoms with Crippen molar-refractivity contribution in [1.82, 2.24) is 4.31 Å². The van der Waals surface area contributed by atoms with Crippen LogP contribution in [0.2, 0.25) is 0 Å². The maximum absolute atomic E-state index is 12.8. The molecule has 1 saturated heterocycles. The summed E-state index contributed by atoms with van der Waals surface area (Å²) in [6, 6.07) is 6.65. The Bertz CT molecular complexity index is 569. The summed E-state index contributed by atoms with van der Waals surface area (Å²) < 4.78 is 27.1. The lowest BCUT2D eigenvalue weighted by Crippen LogP contribution is -2.32. The molecule has 0 bridgehead atoms. The van der Waals surface area contributed by atoms with Gasteiger partial charge in [-0.2, -0.15) is 4.31 Å². The Kier molecular flexibility index (Phi) is 5.41. The number of aliphatic hydroxyl groups excluding tert-OH is 1. The molecule has 1 N–H and O–H groups in total. The first kappa shape index (κ1) is 16.5. The van der Waals surface area contributed by atoms with Crippen LogP contribution in [0.3, 0.4) is 0 Å². The van der Waals surface area contributed by atoms with Crippen LogP contribution in [0.25, 0.3) is 0 Å². The molecule has 0 aromatic heterocycles. The van der Waals surface area contributed by atoms with E-state index in [0.717, 1.165) is 25.7 Å². The molecule has 0 spiro atoms. The number of hydrogen-bond acceptors (Lipinski definition) is 3. The molecular formula is C16H25NO3S. The van der Waals surface area contributed by atoms with Crippen LogP contribution in [0.15, 0.2) is 29.2 Å². The summed E-state index contributed by atoms with van der Waals surface area (Å²) in [6.07, 6.45) is 3.43. The van der Waals surface area contributed by atoms with Crippen molar-refractivity contribution in [1.29, 1.82) is 0 Å². The summed E-state index contributed by atoms with van der Waals surface area (Å²) in [4.78, 5) is 0.288. The number of benzene rings is 1. The smallest absolute Gasteiger partial charge is 0.243 e. The first-order valence-electron chi connectivity index (χ1n) is 7.73. The molecule has 2 unspecified atom stereocenters. The lowest BCUT2D eigenvalue weighted by atomic mass is 9.98. The fraction of sp³-hybridized carbons (Fsp3) is 0.625. The first-order chi connectivity index (χ1) is 9.95. The van der Waals surface area contributed by atoms with Crippen LogP contribution < -0.4 is 0 Å². The normalized spacial score (nSPS) is 22.7. The third-order valence-corrected chi connectivity index (χ3v) is 6.26. The van der Waals surface area contributed by atoms with Gasteiger partial charge in [0, 0.05) is 13.1 Å². The molecule has 1 aromatic rings. The highest BCUT2D eigenvalue weighted by atomic mass is 32.2. The summed E-state index contributed by atoms with van der Waals surface area (Å²) in [5, 5.41) is 9.63. The Morgan fingerprint density at radius 3 is 2.76 bits per heavy atom. The number of nitrogens with zero attached hydrogens (tertiary/aromatic N) is 1. The molecule has 2 atom stereocenters. The Morgan fingerprint density at radius 2 is 2.10 bits per heavy atom. The molecule has 4 nitrogen and oxygen atoms in total. The number of sulfonamides is 1. The van der Waals surface area contributed by atoms with Crippen LogP contribution in [0.4, 0.5) is 0 Å². The first-order valence-corrected chi connectivity index (χ1v) is 9.17. The monoisotopic (exact) mass is 311 g/mol. The molecule has 2 rings (SSSR count). The molecule has 0 radical (unpaired) electrons. The van der Waals surface area contributed by atoms with Gasteiger partial charge in [-0.25, -0.2) is 8.42 Å². The van der Waals surface area contributed by atoms with E-state index in [1.54, 1.807) is 35.5 Å². The number of rotatable bonds is 4. The largest absolute Gasteiger partial charge is 0.389 e. The Labute approximate surface area is 127 Å². The van der Waals surface area contributed by atoms with Crippen molar-refractivity contribution < 1.29 is 13.5 Å². The molecular weight excluding hydrogens is 286 g/mol. The SMILES string of the molecule is CCC1CCCN(S(=O)(=O)c2cccc(C(C)O)c2)CC1. The van der Waals surface area contributed by atoms with Gasteiger partial charge in [0.15, 0.2) is 0 Å². The highest BCUT2D eigenvalue weighted by Crippen LogP contribution is 2.26. The second kappa shape index (κ2) is 6.90. The van der Waals surface area contributed by atoms with Gasteiger partial charge in [0.05, 0.1) is 11.0 Å². The van der Waals surface area contributed by atoms with Gasteiger partial charge in [-0.1, -0.05) is 25.5 Å². The standard InChI is InChI=1S/C16H25NO3S/c1-3-14-6-5-10-17(11-9-14)21(19,20)16-8-4-7-15(12-16)13(2)18/h4,7-8,12-14,18H,3,5-6,9-11H2,1-2H3. The fourth-order valence-electron chi connectivity index (χ4n) is 2.87. The Balaban J connectivity index is 2.23. The molecule has 1 heterocycles. The summed E-state index contributed by atoms with van der Waals surface area (Å²) >= 11 is 0. The van der Waals surface area contributed by atoms with E-state index in [0.29, 0.717) is 24.6 Å². The van der Waals surface area contributed by atoms with E-state index in [1.807, 2.05) is 0 Å². The van der Waals surface area contributed by atoms with Crippen molar-refractivity contribution >= 4 is 10.0 Å². The van der Waals surface area contributed by atoms with E-state index in [2.05, 4.69) is 6.92 Å². The van der Waals surface area contributed by atoms with E-state index in [4.69, 9.17) is 0 Å². The van der Waals surface area contributed by atoms with Crippen molar-refractivity contribution in [2.75, 3.05) is 13.1 Å². The average Bonchev–Trinajstić information content (AvgIpc) is 2.73. The maximum atomic E-state index is 12.8. The quantitative estimate of drug-likeness (QED) is 0.930. The molecule has 0 aliphatic carbocycles. The van der Waals surface area contributed by atoms with Gasteiger partial charge in [0.25, 0.3) is 0 Å². The van der Waals surface area contributed by atoms with Crippen LogP contribution in [-0.2, 0) is 10.0 Å². The number of aliphatic hydroxyl groups is 1. The van der Waals surface area contributed by atoms with Crippen LogP contribution >= 0.6 is 0 Å². The van der Waals surface area contributed by atoms with E-state index < -0.39 is 16.1 Å². The zero-order valence-corrected chi connectivity index (χ0v) is 13.6. The van der Waals surface area contributed by atoms with Gasteiger partial charge in [-0.15, -0.1) is 0 Å². The second-order valence-electron chi connectivity index (χ2n) is 5.86. The summed E-state index contributed by atoms with van der Waals surface area (Å²) in [5.41, 5.74) is 0.636. The summed E-state index contributed by atoms with van der Waals surface area (Å²) in [6.45, 7) is 5.00. The zero-order chi connectivity index (χ0) is 15.5. The predicted molar refractivity (Wildman–Crippen MR) is 83.5 cm³/mol.